The normalized spacial score (nSPS) is 20.3. The summed E-state index contributed by atoms with van der Waals surface area (Å²) in [6, 6.07) is 6.85. The van der Waals surface area contributed by atoms with Gasteiger partial charge in [0.05, 0.1) is 0 Å². The number of benzene rings is 1. The highest BCUT2D eigenvalue weighted by Crippen LogP contribution is 2.26. The van der Waals surface area contributed by atoms with Gasteiger partial charge in [-0.1, -0.05) is 26.0 Å². The van der Waals surface area contributed by atoms with Crippen molar-refractivity contribution in [3.63, 3.8) is 0 Å². The summed E-state index contributed by atoms with van der Waals surface area (Å²) in [5.41, 5.74) is 8.06. The number of anilines is 1. The van der Waals surface area contributed by atoms with E-state index in [9.17, 15) is 0 Å². The molecule has 1 aromatic rings. The second-order valence-electron chi connectivity index (χ2n) is 5.22. The van der Waals surface area contributed by atoms with Gasteiger partial charge in [-0.25, -0.2) is 0 Å². The molecule has 19 heavy (non-hydrogen) atoms. The molecule has 2 rings (SSSR count). The maximum atomic E-state index is 5.94. The summed E-state index contributed by atoms with van der Waals surface area (Å²) in [7, 11) is 0. The van der Waals surface area contributed by atoms with Crippen molar-refractivity contribution >= 4 is 21.6 Å². The van der Waals surface area contributed by atoms with Crippen molar-refractivity contribution in [3.05, 3.63) is 28.2 Å². The summed E-state index contributed by atoms with van der Waals surface area (Å²) in [6.45, 7) is 10.1. The van der Waals surface area contributed by atoms with E-state index in [0.29, 0.717) is 0 Å². The van der Waals surface area contributed by atoms with Gasteiger partial charge in [0.15, 0.2) is 0 Å². The predicted molar refractivity (Wildman–Crippen MR) is 85.2 cm³/mol. The monoisotopic (exact) mass is 325 g/mol. The fourth-order valence-electron chi connectivity index (χ4n) is 2.96. The minimum Gasteiger partial charge on any atom is -0.398 e. The highest BCUT2D eigenvalue weighted by atomic mass is 79.9. The lowest BCUT2D eigenvalue weighted by atomic mass is 10.2. The second-order valence-corrected chi connectivity index (χ2v) is 6.01. The molecular formula is C15H24BrN3. The van der Waals surface area contributed by atoms with Gasteiger partial charge in [-0.3, -0.25) is 9.80 Å². The molecule has 1 unspecified atom stereocenters. The summed E-state index contributed by atoms with van der Waals surface area (Å²) in [5, 5.41) is 0. The van der Waals surface area contributed by atoms with Gasteiger partial charge >= 0.3 is 0 Å². The Hall–Kier alpha value is -0.580. The van der Waals surface area contributed by atoms with Crippen molar-refractivity contribution in [1.29, 1.82) is 0 Å². The Morgan fingerprint density at radius 3 is 2.79 bits per heavy atom. The zero-order valence-electron chi connectivity index (χ0n) is 11.9. The lowest BCUT2D eigenvalue weighted by Gasteiger charge is -2.26. The van der Waals surface area contributed by atoms with Gasteiger partial charge in [0.2, 0.25) is 0 Å². The zero-order chi connectivity index (χ0) is 13.8. The molecule has 0 bridgehead atoms. The zero-order valence-corrected chi connectivity index (χ0v) is 13.5. The highest BCUT2D eigenvalue weighted by molar-refractivity contribution is 9.10. The number of likely N-dealkylation sites (tertiary alicyclic amines) is 1. The Labute approximate surface area is 124 Å². The molecule has 106 valence electrons. The SMILES string of the molecule is CCN(CC)C1CCN(Cc2cccc(N)c2Br)C1. The molecule has 1 saturated heterocycles. The van der Waals surface area contributed by atoms with Crippen LogP contribution in [-0.2, 0) is 6.54 Å². The predicted octanol–water partition coefficient (Wildman–Crippen LogP) is 2.95. The number of nitrogens with two attached hydrogens (primary N) is 1. The number of likely N-dealkylation sites (N-methyl/N-ethyl adjacent to an activating group) is 1. The Balaban J connectivity index is 1.97. The van der Waals surface area contributed by atoms with E-state index in [4.69, 9.17) is 5.73 Å². The molecule has 0 saturated carbocycles. The molecule has 1 heterocycles. The van der Waals surface area contributed by atoms with E-state index < -0.39 is 0 Å². The minimum absolute atomic E-state index is 0.717. The van der Waals surface area contributed by atoms with Crippen molar-refractivity contribution in [2.75, 3.05) is 31.9 Å². The van der Waals surface area contributed by atoms with Crippen LogP contribution in [0.4, 0.5) is 5.69 Å². The van der Waals surface area contributed by atoms with Gasteiger partial charge in [-0.05, 0) is 47.1 Å². The van der Waals surface area contributed by atoms with E-state index in [2.05, 4.69) is 45.6 Å². The van der Waals surface area contributed by atoms with Gasteiger partial charge in [-0.15, -0.1) is 0 Å². The standard InChI is InChI=1S/C15H24BrN3/c1-3-19(4-2)13-8-9-18(11-13)10-12-6-5-7-14(17)15(12)16/h5-7,13H,3-4,8-11,17H2,1-2H3. The number of nitrogens with zero attached hydrogens (tertiary/aromatic N) is 2. The first kappa shape index (κ1) is 14.8. The maximum Gasteiger partial charge on any atom is 0.0461 e. The van der Waals surface area contributed by atoms with Crippen LogP contribution in [0.15, 0.2) is 22.7 Å². The summed E-state index contributed by atoms with van der Waals surface area (Å²) in [4.78, 5) is 5.09. The van der Waals surface area contributed by atoms with Crippen LogP contribution < -0.4 is 5.73 Å². The molecule has 1 aliphatic rings. The first-order valence-corrected chi connectivity index (χ1v) is 7.94. The number of halogens is 1. The van der Waals surface area contributed by atoms with Crippen LogP contribution >= 0.6 is 15.9 Å². The molecule has 1 fully saturated rings. The van der Waals surface area contributed by atoms with E-state index in [1.165, 1.54) is 25.1 Å². The van der Waals surface area contributed by atoms with Crippen LogP contribution in [0.3, 0.4) is 0 Å². The molecule has 1 atom stereocenters. The third-order valence-electron chi connectivity index (χ3n) is 4.08. The smallest absolute Gasteiger partial charge is 0.0461 e. The molecule has 0 radical (unpaired) electrons. The van der Waals surface area contributed by atoms with Crippen molar-refractivity contribution in [2.45, 2.75) is 32.9 Å². The van der Waals surface area contributed by atoms with Gasteiger partial charge in [0.1, 0.15) is 0 Å². The summed E-state index contributed by atoms with van der Waals surface area (Å²) >= 11 is 3.60. The molecule has 1 aromatic carbocycles. The molecular weight excluding hydrogens is 302 g/mol. The first-order valence-electron chi connectivity index (χ1n) is 7.15. The molecule has 1 aliphatic heterocycles. The average molecular weight is 326 g/mol. The van der Waals surface area contributed by atoms with E-state index >= 15 is 0 Å². The van der Waals surface area contributed by atoms with Gasteiger partial charge in [0.25, 0.3) is 0 Å². The van der Waals surface area contributed by atoms with Crippen LogP contribution in [0.1, 0.15) is 25.8 Å². The summed E-state index contributed by atoms with van der Waals surface area (Å²) in [6.07, 6.45) is 1.28. The van der Waals surface area contributed by atoms with Crippen LogP contribution in [0.5, 0.6) is 0 Å². The number of hydrogen-bond donors (Lipinski definition) is 1. The Bertz CT molecular complexity index is 418. The van der Waals surface area contributed by atoms with Gasteiger partial charge < -0.3 is 5.73 Å². The molecule has 0 aromatic heterocycles. The fraction of sp³-hybridized carbons (Fsp3) is 0.600. The van der Waals surface area contributed by atoms with Crippen LogP contribution in [0.2, 0.25) is 0 Å². The molecule has 0 aliphatic carbocycles. The minimum atomic E-state index is 0.717. The van der Waals surface area contributed by atoms with E-state index in [-0.39, 0.29) is 0 Å². The number of rotatable bonds is 5. The third kappa shape index (κ3) is 3.50. The lowest BCUT2D eigenvalue weighted by Crippen LogP contribution is -2.37. The topological polar surface area (TPSA) is 32.5 Å². The van der Waals surface area contributed by atoms with Gasteiger partial charge in [0, 0.05) is 35.8 Å². The van der Waals surface area contributed by atoms with Crippen molar-refractivity contribution < 1.29 is 0 Å². The van der Waals surface area contributed by atoms with E-state index in [1.54, 1.807) is 0 Å². The quantitative estimate of drug-likeness (QED) is 0.845. The van der Waals surface area contributed by atoms with Crippen LogP contribution in [-0.4, -0.2) is 42.0 Å². The summed E-state index contributed by atoms with van der Waals surface area (Å²) < 4.78 is 1.06. The van der Waals surface area contributed by atoms with Crippen molar-refractivity contribution in [3.8, 4) is 0 Å². The highest BCUT2D eigenvalue weighted by Gasteiger charge is 2.26. The molecule has 0 spiro atoms. The number of nitrogen functional groups attached to an aromatic ring is 1. The largest absolute Gasteiger partial charge is 0.398 e. The lowest BCUT2D eigenvalue weighted by molar-refractivity contribution is 0.209. The summed E-state index contributed by atoms with van der Waals surface area (Å²) in [5.74, 6) is 0. The Morgan fingerprint density at radius 2 is 2.11 bits per heavy atom. The first-order chi connectivity index (χ1) is 9.15. The van der Waals surface area contributed by atoms with Gasteiger partial charge in [-0.2, -0.15) is 0 Å². The molecule has 0 amide bonds. The van der Waals surface area contributed by atoms with E-state index in [0.717, 1.165) is 35.8 Å². The fourth-order valence-corrected chi connectivity index (χ4v) is 3.35. The van der Waals surface area contributed by atoms with E-state index in [1.807, 2.05) is 12.1 Å². The molecule has 3 nitrogen and oxygen atoms in total. The van der Waals surface area contributed by atoms with Crippen LogP contribution in [0.25, 0.3) is 0 Å². The third-order valence-corrected chi connectivity index (χ3v) is 5.05. The van der Waals surface area contributed by atoms with Crippen molar-refractivity contribution in [1.82, 2.24) is 9.80 Å². The molecule has 2 N–H and O–H groups in total. The Morgan fingerprint density at radius 1 is 1.37 bits per heavy atom. The maximum absolute atomic E-state index is 5.94. The Kier molecular flexibility index (Phi) is 5.25. The van der Waals surface area contributed by atoms with Crippen LogP contribution in [0, 0.1) is 0 Å². The molecule has 4 heteroatoms. The average Bonchev–Trinajstić information content (AvgIpc) is 2.85. The number of hydrogen-bond acceptors (Lipinski definition) is 3. The van der Waals surface area contributed by atoms with Crippen molar-refractivity contribution in [2.24, 2.45) is 0 Å². The second kappa shape index (κ2) is 6.73.